The van der Waals surface area contributed by atoms with Gasteiger partial charge in [-0.2, -0.15) is 5.26 Å². The molecular weight excluding hydrogens is 242 g/mol. The van der Waals surface area contributed by atoms with E-state index in [-0.39, 0.29) is 18.5 Å². The van der Waals surface area contributed by atoms with Crippen molar-refractivity contribution in [1.29, 1.82) is 5.26 Å². The van der Waals surface area contributed by atoms with E-state index in [1.165, 1.54) is 6.92 Å². The molecule has 0 aromatic heterocycles. The van der Waals surface area contributed by atoms with Gasteiger partial charge in [-0.15, -0.1) is 0 Å². The molecule has 0 aliphatic carbocycles. The van der Waals surface area contributed by atoms with E-state index < -0.39 is 23.9 Å². The Kier molecular flexibility index (Phi) is 6.58. The highest BCUT2D eigenvalue weighted by molar-refractivity contribution is 5.97. The lowest BCUT2D eigenvalue weighted by Crippen LogP contribution is -2.32. The summed E-state index contributed by atoms with van der Waals surface area (Å²) in [5, 5.41) is 30.2. The van der Waals surface area contributed by atoms with E-state index in [9.17, 15) is 14.4 Å². The van der Waals surface area contributed by atoms with E-state index in [1.807, 2.05) is 0 Å². The Morgan fingerprint density at radius 1 is 1.39 bits per heavy atom. The quantitative estimate of drug-likeness (QED) is 0.339. The number of amides is 1. The van der Waals surface area contributed by atoms with Gasteiger partial charge >= 0.3 is 11.9 Å². The number of nitriles is 1. The average molecular weight is 255 g/mol. The zero-order chi connectivity index (χ0) is 14.1. The van der Waals surface area contributed by atoms with E-state index in [0.717, 1.165) is 6.20 Å². The van der Waals surface area contributed by atoms with Crippen LogP contribution in [0, 0.1) is 11.3 Å². The number of carboxylic acid groups (broad SMARTS) is 2. The number of carbonyl (C=O) groups excluding carboxylic acids is 1. The smallest absolute Gasteiger partial charge is 0.325 e. The van der Waals surface area contributed by atoms with Crippen LogP contribution in [-0.2, 0) is 14.4 Å². The van der Waals surface area contributed by atoms with Gasteiger partial charge in [0.25, 0.3) is 5.91 Å². The van der Waals surface area contributed by atoms with Crippen molar-refractivity contribution in [3.05, 3.63) is 11.8 Å². The second kappa shape index (κ2) is 7.67. The second-order valence-corrected chi connectivity index (χ2v) is 3.30. The maximum Gasteiger partial charge on any atom is 0.325 e. The SMILES string of the molecule is CC(N/C=C(/C#N)C(=O)NCCC(=O)O)C(=O)O. The number of carbonyl (C=O) groups is 3. The third-order valence-electron chi connectivity index (χ3n) is 1.84. The van der Waals surface area contributed by atoms with Crippen LogP contribution in [0.25, 0.3) is 0 Å². The molecule has 0 saturated carbocycles. The number of carboxylic acids is 2. The molecule has 1 atom stereocenters. The molecule has 18 heavy (non-hydrogen) atoms. The van der Waals surface area contributed by atoms with Crippen molar-refractivity contribution < 1.29 is 24.6 Å². The summed E-state index contributed by atoms with van der Waals surface area (Å²) in [4.78, 5) is 32.0. The summed E-state index contributed by atoms with van der Waals surface area (Å²) in [5.41, 5.74) is -0.325. The van der Waals surface area contributed by atoms with Crippen LogP contribution < -0.4 is 10.6 Å². The molecule has 0 heterocycles. The van der Waals surface area contributed by atoms with Gasteiger partial charge in [0.05, 0.1) is 6.42 Å². The molecule has 8 heteroatoms. The monoisotopic (exact) mass is 255 g/mol. The van der Waals surface area contributed by atoms with Gasteiger partial charge in [-0.1, -0.05) is 0 Å². The Morgan fingerprint density at radius 2 is 2.00 bits per heavy atom. The minimum Gasteiger partial charge on any atom is -0.481 e. The van der Waals surface area contributed by atoms with E-state index in [1.54, 1.807) is 6.07 Å². The molecule has 0 rings (SSSR count). The predicted molar refractivity (Wildman–Crippen MR) is 59.2 cm³/mol. The van der Waals surface area contributed by atoms with Gasteiger partial charge in [0.1, 0.15) is 17.7 Å². The first-order valence-corrected chi connectivity index (χ1v) is 4.97. The summed E-state index contributed by atoms with van der Waals surface area (Å²) in [5.74, 6) is -2.96. The standard InChI is InChI=1S/C10H13N3O5/c1-6(10(17)18)13-5-7(4-11)9(16)12-3-2-8(14)15/h5-6,13H,2-3H2,1H3,(H,12,16)(H,14,15)(H,17,18)/b7-5-. The Bertz CT molecular complexity index is 410. The minimum absolute atomic E-state index is 0.109. The van der Waals surface area contributed by atoms with Crippen molar-refractivity contribution in [1.82, 2.24) is 10.6 Å². The van der Waals surface area contributed by atoms with Crippen molar-refractivity contribution >= 4 is 17.8 Å². The molecule has 1 unspecified atom stereocenters. The summed E-state index contributed by atoms with van der Waals surface area (Å²) in [7, 11) is 0. The van der Waals surface area contributed by atoms with Crippen LogP contribution in [0.1, 0.15) is 13.3 Å². The third kappa shape index (κ3) is 6.12. The first-order chi connectivity index (χ1) is 8.38. The molecule has 0 radical (unpaired) electrons. The number of rotatable bonds is 7. The Morgan fingerprint density at radius 3 is 2.44 bits per heavy atom. The predicted octanol–water partition coefficient (Wildman–Crippen LogP) is -0.953. The summed E-state index contributed by atoms with van der Waals surface area (Å²) >= 11 is 0. The molecule has 1 amide bonds. The Labute approximate surface area is 103 Å². The molecule has 0 aromatic carbocycles. The lowest BCUT2D eigenvalue weighted by Gasteiger charge is -2.06. The van der Waals surface area contributed by atoms with Gasteiger partial charge in [0.2, 0.25) is 0 Å². The number of hydrogen-bond donors (Lipinski definition) is 4. The van der Waals surface area contributed by atoms with Crippen LogP contribution in [0.3, 0.4) is 0 Å². The van der Waals surface area contributed by atoms with Crippen LogP contribution in [-0.4, -0.2) is 40.6 Å². The molecule has 8 nitrogen and oxygen atoms in total. The molecule has 0 saturated heterocycles. The van der Waals surface area contributed by atoms with E-state index in [4.69, 9.17) is 15.5 Å². The van der Waals surface area contributed by atoms with Crippen molar-refractivity contribution in [2.24, 2.45) is 0 Å². The highest BCUT2D eigenvalue weighted by atomic mass is 16.4. The van der Waals surface area contributed by atoms with Gasteiger partial charge in [0.15, 0.2) is 0 Å². The second-order valence-electron chi connectivity index (χ2n) is 3.30. The Balaban J connectivity index is 4.36. The minimum atomic E-state index is -1.13. The fourth-order valence-electron chi connectivity index (χ4n) is 0.806. The molecule has 0 aliphatic heterocycles. The molecule has 98 valence electrons. The maximum atomic E-state index is 11.4. The lowest BCUT2D eigenvalue weighted by atomic mass is 10.2. The number of hydrogen-bond acceptors (Lipinski definition) is 5. The highest BCUT2D eigenvalue weighted by Gasteiger charge is 2.12. The molecule has 4 N–H and O–H groups in total. The number of nitrogens with zero attached hydrogens (tertiary/aromatic N) is 1. The van der Waals surface area contributed by atoms with Crippen molar-refractivity contribution in [3.63, 3.8) is 0 Å². The van der Waals surface area contributed by atoms with Gasteiger partial charge in [-0.3, -0.25) is 14.4 Å². The molecule has 0 bridgehead atoms. The summed E-state index contributed by atoms with van der Waals surface area (Å²) in [6, 6.07) is 0.636. The van der Waals surface area contributed by atoms with Crippen molar-refractivity contribution in [2.75, 3.05) is 6.54 Å². The average Bonchev–Trinajstić information content (AvgIpc) is 2.28. The topological polar surface area (TPSA) is 140 Å². The van der Waals surface area contributed by atoms with Crippen LogP contribution >= 0.6 is 0 Å². The van der Waals surface area contributed by atoms with Crippen LogP contribution in [0.5, 0.6) is 0 Å². The zero-order valence-corrected chi connectivity index (χ0v) is 9.64. The molecule has 0 aliphatic rings. The van der Waals surface area contributed by atoms with Gasteiger partial charge < -0.3 is 20.8 Å². The fourth-order valence-corrected chi connectivity index (χ4v) is 0.806. The van der Waals surface area contributed by atoms with E-state index in [0.29, 0.717) is 0 Å². The zero-order valence-electron chi connectivity index (χ0n) is 9.64. The fraction of sp³-hybridized carbons (Fsp3) is 0.400. The lowest BCUT2D eigenvalue weighted by molar-refractivity contribution is -0.139. The third-order valence-corrected chi connectivity index (χ3v) is 1.84. The number of nitrogens with one attached hydrogen (secondary N) is 2. The van der Waals surface area contributed by atoms with E-state index in [2.05, 4.69) is 10.6 Å². The molecule has 0 spiro atoms. The molecular formula is C10H13N3O5. The van der Waals surface area contributed by atoms with Crippen LogP contribution in [0.4, 0.5) is 0 Å². The van der Waals surface area contributed by atoms with E-state index >= 15 is 0 Å². The normalized spacial score (nSPS) is 12.1. The Hall–Kier alpha value is -2.56. The highest BCUT2D eigenvalue weighted by Crippen LogP contribution is 1.92. The van der Waals surface area contributed by atoms with Gasteiger partial charge in [-0.05, 0) is 6.92 Å². The first kappa shape index (κ1) is 15.4. The van der Waals surface area contributed by atoms with Gasteiger partial charge in [-0.25, -0.2) is 0 Å². The molecule has 0 aromatic rings. The van der Waals surface area contributed by atoms with Crippen molar-refractivity contribution in [3.8, 4) is 6.07 Å². The summed E-state index contributed by atoms with van der Waals surface area (Å²) < 4.78 is 0. The molecule has 0 fully saturated rings. The van der Waals surface area contributed by atoms with Crippen LogP contribution in [0.2, 0.25) is 0 Å². The maximum absolute atomic E-state index is 11.4. The van der Waals surface area contributed by atoms with Gasteiger partial charge in [0, 0.05) is 12.7 Å². The summed E-state index contributed by atoms with van der Waals surface area (Å²) in [6.07, 6.45) is 0.721. The largest absolute Gasteiger partial charge is 0.481 e. The first-order valence-electron chi connectivity index (χ1n) is 4.97. The van der Waals surface area contributed by atoms with Crippen LogP contribution in [0.15, 0.2) is 11.8 Å². The number of aliphatic carboxylic acids is 2. The van der Waals surface area contributed by atoms with Crippen molar-refractivity contribution in [2.45, 2.75) is 19.4 Å². The summed E-state index contributed by atoms with van der Waals surface area (Å²) in [6.45, 7) is 1.23.